The number of nitrogens with zero attached hydrogens (tertiary/aromatic N) is 4. The minimum absolute atomic E-state index is 0.0172. The van der Waals surface area contributed by atoms with Crippen LogP contribution >= 0.6 is 46.6 Å². The van der Waals surface area contributed by atoms with Gasteiger partial charge in [-0.2, -0.15) is 0 Å². The van der Waals surface area contributed by atoms with E-state index in [1.807, 2.05) is 302 Å². The predicted octanol–water partition coefficient (Wildman–Crippen LogP) is 17.1. The number of hydrogen-bond acceptors (Lipinski definition) is 20. The highest BCUT2D eigenvalue weighted by Crippen LogP contribution is 2.53. The number of hydrogen-bond donors (Lipinski definition) is 7. The average Bonchev–Trinajstić information content (AvgIpc) is 1.61. The zero-order chi connectivity index (χ0) is 92.8. The first-order valence-corrected chi connectivity index (χ1v) is 45.6. The van der Waals surface area contributed by atoms with Gasteiger partial charge in [-0.05, 0) is 107 Å². The molecule has 4 spiro atoms. The molecule has 9 N–H and O–H groups in total. The summed E-state index contributed by atoms with van der Waals surface area (Å²) in [5.41, 5.74) is 16.4. The van der Waals surface area contributed by atoms with E-state index in [4.69, 9.17) is 56.5 Å². The van der Waals surface area contributed by atoms with Crippen molar-refractivity contribution in [2.75, 3.05) is 25.3 Å². The number of thiocarbonyl (C=S) groups is 1. The number of Topliss-reactive ketones (excluding diaryl/α,β-unsaturated/α-hetero) is 2. The molecule has 131 heavy (non-hydrogen) atoms. The largest absolute Gasteiger partial charge is 0.507 e. The maximum Gasteiger partial charge on any atom is 0.322 e. The van der Waals surface area contributed by atoms with Gasteiger partial charge in [-0.3, -0.25) is 53.5 Å². The molecule has 25 nitrogen and oxygen atoms in total. The molecule has 0 aliphatic carbocycles. The number of nitrogens with one attached hydrogen (secondary N) is 4. The predicted molar refractivity (Wildman–Crippen MR) is 514 cm³/mol. The summed E-state index contributed by atoms with van der Waals surface area (Å²) in [7, 11) is 3.45. The van der Waals surface area contributed by atoms with Gasteiger partial charge in [0.2, 0.25) is 6.41 Å². The zero-order valence-corrected chi connectivity index (χ0v) is 75.8. The molecule has 2 saturated heterocycles. The standard InChI is InChI=1S/C19H18N2O2S.C18H17N3O2.C17H14N2O3.C17H14N2O2S.C15H12O2.C8H8O2.C7H6O.CH3I.CH3NO/c1-21-17(22)19(20-18(21)24-2)12-16(13-8-4-3-5-9-13)23-15-11-7-6-10-14(15)19;1-21-16(22)18(20-17(21)19)11-15(12-7-3-2-4-8-12)23-14-10-6-5-9-13(14)18;20-15-17(19-16(21)18-15)10-14(11-6-2-1-3-7-11)22-13-9-5-4-8-12(13)17;20-15-17(19-16(22)18-15)10-14(11-6-2-1-3-7-11)21-13-9-5-4-8-12(13)17;16-13-10-15(11-6-2-1-3-7-11)17-14-9-5-4-8-12(13)14;1-6(9)7-4-2-3-5-8(7)10;8-6-7-4-2-1-3-5-7;1-2;2-1-3/h3-11,16H,12H2,1-2H3;2-10,15H,11H2,1H3,(H2,19,20);1-9,14H,10H2,(H2,18,19,20,21);1-9,14H,10H2,(H2,18,19,20,22);1-9,15H,10H2;2-5,10H,1H3;1-6H;1H3;1H,(H2,2,3). The number of guanidine groups is 1. The normalized spacial score (nSPS) is 21.7. The van der Waals surface area contributed by atoms with E-state index in [1.54, 1.807) is 49.3 Å². The second-order valence-electron chi connectivity index (χ2n) is 30.9. The van der Waals surface area contributed by atoms with Crippen LogP contribution in [0.25, 0.3) is 0 Å². The van der Waals surface area contributed by atoms with Gasteiger partial charge < -0.3 is 56.2 Å². The maximum absolute atomic E-state index is 13.1. The Labute approximate surface area is 781 Å². The molecule has 0 saturated carbocycles. The molecule has 7 amide bonds. The third-order valence-corrected chi connectivity index (χ3v) is 23.8. The molecule has 9 atom stereocenters. The number of phenolic OH excluding ortho intramolecular Hbond substituents is 1. The van der Waals surface area contributed by atoms with E-state index in [9.17, 15) is 38.4 Å². The molecule has 12 aromatic carbocycles. The number of thioether (sulfide) groups is 1. The molecule has 12 aromatic rings. The number of carbonyl (C=O) groups is 9. The number of benzene rings is 12. The van der Waals surface area contributed by atoms with E-state index in [0.717, 1.165) is 73.0 Å². The summed E-state index contributed by atoms with van der Waals surface area (Å²) in [4.78, 5) is 119. The Morgan fingerprint density at radius 1 is 0.450 bits per heavy atom. The van der Waals surface area contributed by atoms with Gasteiger partial charge in [-0.25, -0.2) is 14.8 Å². The number of urea groups is 1. The molecule has 9 heterocycles. The molecule has 0 bridgehead atoms. The van der Waals surface area contributed by atoms with Gasteiger partial charge in [0.15, 0.2) is 50.0 Å². The summed E-state index contributed by atoms with van der Waals surface area (Å²) in [5, 5.41) is 21.2. The SMILES string of the molecule is CC(=O)c1ccccc1O.CI.CN1C(=O)C2(CC(c3ccccc3)Oc3ccccc32)N=C1N.CSC1=NC2(CC(c3ccccc3)Oc3ccccc32)C(=O)N1C.NC=O.O=C1CC(c2ccccc2)Oc2ccccc21.O=C1NC(=O)C2(CC(c3ccccc3)Oc3ccccc32)N1.O=C1NC(=S)NC12CC(c1ccccc1)Oc1ccccc12.O=Cc1ccccc1. The number of aliphatic imine (C=N–C) groups is 2. The Balaban J connectivity index is 0.000000132. The van der Waals surface area contributed by atoms with E-state index < -0.39 is 28.2 Å². The van der Waals surface area contributed by atoms with Crippen molar-refractivity contribution in [3.8, 4) is 34.5 Å². The highest BCUT2D eigenvalue weighted by Gasteiger charge is 2.57. The Morgan fingerprint density at radius 3 is 1.15 bits per heavy atom. The first-order valence-electron chi connectivity index (χ1n) is 41.8. The zero-order valence-electron chi connectivity index (χ0n) is 72.1. The van der Waals surface area contributed by atoms with Crippen LogP contribution in [0.2, 0.25) is 0 Å². The smallest absolute Gasteiger partial charge is 0.322 e. The fraction of sp³-hybridized carbons (Fsp3) is 0.184. The molecule has 666 valence electrons. The number of halogens is 1. The van der Waals surface area contributed by atoms with Crippen molar-refractivity contribution in [1.29, 1.82) is 0 Å². The van der Waals surface area contributed by atoms with E-state index in [0.29, 0.717) is 71.2 Å². The summed E-state index contributed by atoms with van der Waals surface area (Å²) in [5.74, 6) is 3.27. The molecule has 21 rings (SSSR count). The van der Waals surface area contributed by atoms with Gasteiger partial charge in [0.25, 0.3) is 23.6 Å². The number of aromatic hydroxyl groups is 1. The fourth-order valence-electron chi connectivity index (χ4n) is 16.6. The van der Waals surface area contributed by atoms with Crippen LogP contribution in [-0.2, 0) is 46.1 Å². The van der Waals surface area contributed by atoms with Crippen molar-refractivity contribution < 1.29 is 71.9 Å². The lowest BCUT2D eigenvalue weighted by Gasteiger charge is -2.38. The van der Waals surface area contributed by atoms with Crippen LogP contribution < -0.4 is 56.4 Å². The number of amides is 7. The number of aldehydes is 1. The van der Waals surface area contributed by atoms with Gasteiger partial charge in [0, 0.05) is 67.6 Å². The summed E-state index contributed by atoms with van der Waals surface area (Å²) in [6.07, 6.45) is 4.20. The van der Waals surface area contributed by atoms with Crippen LogP contribution in [0.4, 0.5) is 4.79 Å². The van der Waals surface area contributed by atoms with Gasteiger partial charge >= 0.3 is 6.03 Å². The Hall–Kier alpha value is -14.6. The average molecular weight is 1900 g/mol. The molecular formula is C103H95IN10O15S2. The molecule has 9 unspecified atom stereocenters. The highest BCUT2D eigenvalue weighted by molar-refractivity contribution is 14.1. The van der Waals surface area contributed by atoms with Crippen LogP contribution in [0.1, 0.15) is 151 Å². The lowest BCUT2D eigenvalue weighted by Crippen LogP contribution is -2.48. The Kier molecular flexibility index (Phi) is 30.9. The van der Waals surface area contributed by atoms with Crippen molar-refractivity contribution in [2.45, 2.75) is 91.7 Å². The second-order valence-corrected chi connectivity index (χ2v) is 32.1. The molecule has 0 radical (unpaired) electrons. The van der Waals surface area contributed by atoms with Crippen molar-refractivity contribution in [1.82, 2.24) is 31.1 Å². The lowest BCUT2D eigenvalue weighted by molar-refractivity contribution is -0.133. The minimum atomic E-state index is -1.06. The number of phenols is 1. The van der Waals surface area contributed by atoms with Gasteiger partial charge in [-0.15, -0.1) is 0 Å². The number of rotatable bonds is 7. The van der Waals surface area contributed by atoms with Crippen molar-refractivity contribution in [3.63, 3.8) is 0 Å². The topological polar surface area (TPSA) is 351 Å². The number of likely N-dealkylation sites (N-methyl/N-ethyl adjacent to an activating group) is 2. The summed E-state index contributed by atoms with van der Waals surface area (Å²) in [6, 6.07) is 102. The van der Waals surface area contributed by atoms with Crippen molar-refractivity contribution >= 4 is 117 Å². The van der Waals surface area contributed by atoms with Crippen molar-refractivity contribution in [3.05, 3.63) is 394 Å². The van der Waals surface area contributed by atoms with E-state index in [1.165, 1.54) is 29.7 Å². The number of alkyl halides is 1. The summed E-state index contributed by atoms with van der Waals surface area (Å²) in [6.45, 7) is 1.43. The molecule has 0 aromatic heterocycles. The molecule has 28 heteroatoms. The number of ketones is 2. The third-order valence-electron chi connectivity index (χ3n) is 22.9. The lowest BCUT2D eigenvalue weighted by atomic mass is 9.80. The Morgan fingerprint density at radius 2 is 0.786 bits per heavy atom. The van der Waals surface area contributed by atoms with Crippen LogP contribution in [0.15, 0.2) is 338 Å². The maximum atomic E-state index is 13.1. The number of imide groups is 1. The van der Waals surface area contributed by atoms with Gasteiger partial charge in [-0.1, -0.05) is 313 Å². The number of primary amides is 1. The number of ether oxygens (including phenoxy) is 5. The molecular weight excluding hydrogens is 1810 g/mol. The first-order chi connectivity index (χ1) is 63.6. The number of para-hydroxylation sites is 6. The molecule has 2 fully saturated rings. The second kappa shape index (κ2) is 43.0. The summed E-state index contributed by atoms with van der Waals surface area (Å²) < 4.78 is 30.4. The van der Waals surface area contributed by atoms with Gasteiger partial charge in [0.1, 0.15) is 71.3 Å². The van der Waals surface area contributed by atoms with Crippen LogP contribution in [0, 0.1) is 0 Å². The Bertz CT molecular complexity index is 6060. The number of nitrogens with two attached hydrogens (primary N) is 2. The molecule has 9 aliphatic heterocycles. The summed E-state index contributed by atoms with van der Waals surface area (Å²) >= 11 is 8.80. The molecule has 9 aliphatic rings. The first kappa shape index (κ1) is 94.0. The van der Waals surface area contributed by atoms with E-state index in [2.05, 4.69) is 54.6 Å². The van der Waals surface area contributed by atoms with Crippen LogP contribution in [0.3, 0.4) is 0 Å². The van der Waals surface area contributed by atoms with E-state index in [-0.39, 0.29) is 83.8 Å². The third kappa shape index (κ3) is 20.7. The van der Waals surface area contributed by atoms with Crippen LogP contribution in [-0.4, -0.2) is 110 Å². The number of carbonyl (C=O) groups excluding carboxylic acids is 9. The highest BCUT2D eigenvalue weighted by atomic mass is 127. The van der Waals surface area contributed by atoms with Crippen LogP contribution in [0.5, 0.6) is 34.5 Å². The fourth-order valence-corrected chi connectivity index (χ4v) is 17.5. The van der Waals surface area contributed by atoms with E-state index >= 15 is 0 Å². The monoisotopic (exact) mass is 1900 g/mol. The minimum Gasteiger partial charge on any atom is -0.507 e. The number of fused-ring (bicyclic) bond motifs is 9. The van der Waals surface area contributed by atoms with Crippen molar-refractivity contribution in [2.24, 2.45) is 21.5 Å². The quantitative estimate of drug-likeness (QED) is 0.0195. The number of amidine groups is 1. The van der Waals surface area contributed by atoms with Gasteiger partial charge in [0.05, 0.1) is 17.5 Å².